The molecule has 1 aliphatic heterocycles. The van der Waals surface area contributed by atoms with Crippen LogP contribution in [0.3, 0.4) is 0 Å². The predicted octanol–water partition coefficient (Wildman–Crippen LogP) is 3.50. The Labute approximate surface area is 181 Å². The minimum absolute atomic E-state index is 0.153. The van der Waals surface area contributed by atoms with Gasteiger partial charge in [-0.05, 0) is 46.8 Å². The lowest BCUT2D eigenvalue weighted by Crippen LogP contribution is -2.24. The second kappa shape index (κ2) is 8.14. The zero-order chi connectivity index (χ0) is 21.3. The molecular weight excluding hydrogens is 422 g/mol. The molecule has 1 atom stereocenters. The summed E-state index contributed by atoms with van der Waals surface area (Å²) in [5.74, 6) is -1.97. The van der Waals surface area contributed by atoms with Gasteiger partial charge >= 0.3 is 0 Å². The summed E-state index contributed by atoms with van der Waals surface area (Å²) in [6.07, 6.45) is 0. The quantitative estimate of drug-likeness (QED) is 0.514. The average molecular weight is 438 g/mol. The summed E-state index contributed by atoms with van der Waals surface area (Å²) in [4.78, 5) is 37.5. The van der Waals surface area contributed by atoms with E-state index in [1.807, 2.05) is 17.5 Å². The predicted molar refractivity (Wildman–Crippen MR) is 117 cm³/mol. The Bertz CT molecular complexity index is 1150. The van der Waals surface area contributed by atoms with Crippen LogP contribution in [0.2, 0.25) is 5.02 Å². The Balaban J connectivity index is 1.64. The number of anilines is 1. The molecule has 2 heterocycles. The van der Waals surface area contributed by atoms with E-state index in [4.69, 9.17) is 17.3 Å². The van der Waals surface area contributed by atoms with Gasteiger partial charge in [0.05, 0.1) is 11.5 Å². The topological polar surface area (TPSA) is 101 Å². The normalized spacial score (nSPS) is 14.6. The van der Waals surface area contributed by atoms with E-state index in [9.17, 15) is 14.4 Å². The summed E-state index contributed by atoms with van der Waals surface area (Å²) in [5, 5.41) is 7.74. The Morgan fingerprint density at radius 2 is 1.70 bits per heavy atom. The number of primary amides is 1. The van der Waals surface area contributed by atoms with E-state index >= 15 is 0 Å². The van der Waals surface area contributed by atoms with Crippen LogP contribution in [0.1, 0.15) is 21.9 Å². The van der Waals surface area contributed by atoms with Crippen molar-refractivity contribution in [3.63, 3.8) is 0 Å². The Morgan fingerprint density at radius 3 is 2.30 bits per heavy atom. The summed E-state index contributed by atoms with van der Waals surface area (Å²) >= 11 is 7.38. The molecule has 1 unspecified atom stereocenters. The molecule has 0 spiro atoms. The van der Waals surface area contributed by atoms with E-state index in [0.29, 0.717) is 16.3 Å². The maximum atomic E-state index is 12.3. The Morgan fingerprint density at radius 1 is 1.00 bits per heavy atom. The number of hydrogen-bond acceptors (Lipinski definition) is 5. The van der Waals surface area contributed by atoms with Crippen molar-refractivity contribution in [2.75, 3.05) is 5.32 Å². The lowest BCUT2D eigenvalue weighted by molar-refractivity contribution is -0.123. The largest absolute Gasteiger partial charge is 0.369 e. The van der Waals surface area contributed by atoms with Crippen LogP contribution in [0.25, 0.3) is 5.57 Å². The van der Waals surface area contributed by atoms with Gasteiger partial charge in [-0.1, -0.05) is 41.9 Å². The average Bonchev–Trinajstić information content (AvgIpc) is 3.32. The van der Waals surface area contributed by atoms with Gasteiger partial charge in [0.2, 0.25) is 5.91 Å². The van der Waals surface area contributed by atoms with E-state index < -0.39 is 23.6 Å². The molecule has 8 heteroatoms. The van der Waals surface area contributed by atoms with Gasteiger partial charge in [0, 0.05) is 15.6 Å². The van der Waals surface area contributed by atoms with E-state index in [1.165, 1.54) is 11.3 Å². The fraction of sp³-hybridized carbons (Fsp3) is 0.0455. The first-order valence-corrected chi connectivity index (χ1v) is 10.3. The molecule has 0 aliphatic carbocycles. The number of nitrogens with two attached hydrogens (primary N) is 1. The molecule has 6 nitrogen and oxygen atoms in total. The third-order valence-electron chi connectivity index (χ3n) is 4.69. The smallest absolute Gasteiger partial charge is 0.275 e. The number of imide groups is 1. The number of halogens is 1. The molecule has 4 N–H and O–H groups in total. The summed E-state index contributed by atoms with van der Waals surface area (Å²) in [7, 11) is 0. The first kappa shape index (κ1) is 19.9. The summed E-state index contributed by atoms with van der Waals surface area (Å²) in [6, 6.07) is 17.4. The fourth-order valence-corrected chi connectivity index (χ4v) is 4.28. The van der Waals surface area contributed by atoms with Gasteiger partial charge in [0.25, 0.3) is 11.8 Å². The van der Waals surface area contributed by atoms with Crippen LogP contribution in [0, 0.1) is 0 Å². The fourth-order valence-electron chi connectivity index (χ4n) is 3.29. The highest BCUT2D eigenvalue weighted by atomic mass is 35.5. The molecule has 0 fully saturated rings. The van der Waals surface area contributed by atoms with Crippen molar-refractivity contribution in [3.8, 4) is 0 Å². The highest BCUT2D eigenvalue weighted by Gasteiger charge is 2.31. The second-order valence-corrected chi connectivity index (χ2v) is 8.05. The monoisotopic (exact) mass is 437 g/mol. The summed E-state index contributed by atoms with van der Waals surface area (Å²) in [6.45, 7) is 0. The van der Waals surface area contributed by atoms with Crippen molar-refractivity contribution >= 4 is 51.9 Å². The van der Waals surface area contributed by atoms with Gasteiger partial charge in [-0.3, -0.25) is 19.7 Å². The number of amides is 3. The van der Waals surface area contributed by atoms with Gasteiger partial charge in [-0.15, -0.1) is 11.3 Å². The van der Waals surface area contributed by atoms with Crippen LogP contribution >= 0.6 is 22.9 Å². The minimum Gasteiger partial charge on any atom is -0.369 e. The number of hydrogen-bond donors (Lipinski definition) is 3. The number of thiophene rings is 1. The molecule has 0 bridgehead atoms. The number of carbonyl (C=O) groups is 3. The van der Waals surface area contributed by atoms with Crippen molar-refractivity contribution in [3.05, 3.63) is 92.8 Å². The van der Waals surface area contributed by atoms with E-state index in [1.54, 1.807) is 48.5 Å². The zero-order valence-electron chi connectivity index (χ0n) is 15.5. The molecule has 2 aromatic carbocycles. The zero-order valence-corrected chi connectivity index (χ0v) is 17.1. The molecule has 4 rings (SSSR count). The van der Waals surface area contributed by atoms with Crippen LogP contribution in [-0.2, 0) is 14.4 Å². The van der Waals surface area contributed by atoms with Crippen molar-refractivity contribution in [2.45, 2.75) is 5.92 Å². The van der Waals surface area contributed by atoms with E-state index in [2.05, 4.69) is 10.6 Å². The molecule has 150 valence electrons. The van der Waals surface area contributed by atoms with Crippen LogP contribution in [-0.4, -0.2) is 17.7 Å². The number of nitrogens with one attached hydrogen (secondary N) is 2. The van der Waals surface area contributed by atoms with Gasteiger partial charge in [-0.2, -0.15) is 0 Å². The van der Waals surface area contributed by atoms with Crippen molar-refractivity contribution in [1.82, 2.24) is 5.32 Å². The lowest BCUT2D eigenvalue weighted by atomic mass is 9.96. The maximum absolute atomic E-state index is 12.3. The molecule has 1 aromatic heterocycles. The van der Waals surface area contributed by atoms with Gasteiger partial charge in [0.15, 0.2) is 0 Å². The van der Waals surface area contributed by atoms with Gasteiger partial charge in [-0.25, -0.2) is 0 Å². The minimum atomic E-state index is -0.542. The molecule has 0 radical (unpaired) electrons. The molecule has 0 saturated carbocycles. The number of benzene rings is 2. The lowest BCUT2D eigenvalue weighted by Gasteiger charge is -2.14. The van der Waals surface area contributed by atoms with Crippen LogP contribution in [0.5, 0.6) is 0 Å². The van der Waals surface area contributed by atoms with Crippen molar-refractivity contribution in [2.24, 2.45) is 5.73 Å². The van der Waals surface area contributed by atoms with Crippen LogP contribution in [0.15, 0.2) is 71.7 Å². The van der Waals surface area contributed by atoms with Crippen molar-refractivity contribution in [1.29, 1.82) is 0 Å². The van der Waals surface area contributed by atoms with Crippen molar-refractivity contribution < 1.29 is 14.4 Å². The molecule has 3 aromatic rings. The third-order valence-corrected chi connectivity index (χ3v) is 5.88. The summed E-state index contributed by atoms with van der Waals surface area (Å²) in [5.41, 5.74) is 7.92. The first-order chi connectivity index (χ1) is 14.4. The van der Waals surface area contributed by atoms with Crippen LogP contribution < -0.4 is 16.4 Å². The molecule has 3 amide bonds. The third kappa shape index (κ3) is 3.85. The van der Waals surface area contributed by atoms with E-state index in [-0.39, 0.29) is 11.3 Å². The molecule has 1 aliphatic rings. The molecule has 0 saturated heterocycles. The molecule has 30 heavy (non-hydrogen) atoms. The maximum Gasteiger partial charge on any atom is 0.275 e. The Kier molecular flexibility index (Phi) is 5.39. The Hall–Kier alpha value is -3.42. The number of rotatable bonds is 6. The summed E-state index contributed by atoms with van der Waals surface area (Å²) < 4.78 is 0. The first-order valence-electron chi connectivity index (χ1n) is 8.99. The highest BCUT2D eigenvalue weighted by molar-refractivity contribution is 7.10. The molecular formula is C22H16ClN3O3S. The SMILES string of the molecule is NC(=O)C(c1ccc(NC2=C(c3ccc(Cl)cc3)C(=O)NC2=O)cc1)c1cccs1. The second-order valence-electron chi connectivity index (χ2n) is 6.64. The standard InChI is InChI=1S/C22H16ClN3O3S/c23-14-7-3-13(4-8-14)18-19(22(29)26-21(18)28)25-15-9-5-12(6-10-15)17(20(24)27)16-2-1-11-30-16/h1-11,17H,(H2,24,27)(H2,25,26,28,29). The number of carbonyl (C=O) groups excluding carboxylic acids is 3. The van der Waals surface area contributed by atoms with Gasteiger partial charge < -0.3 is 11.1 Å². The van der Waals surface area contributed by atoms with E-state index in [0.717, 1.165) is 10.4 Å². The van der Waals surface area contributed by atoms with Crippen LogP contribution in [0.4, 0.5) is 5.69 Å². The van der Waals surface area contributed by atoms with Gasteiger partial charge in [0.1, 0.15) is 5.70 Å². The highest BCUT2D eigenvalue weighted by Crippen LogP contribution is 2.30.